The first-order valence-corrected chi connectivity index (χ1v) is 17.1. The largest absolute Gasteiger partial charge is 1.00 e. The van der Waals surface area contributed by atoms with Gasteiger partial charge in [0.15, 0.2) is 0 Å². The molecule has 2 aliphatic rings. The summed E-state index contributed by atoms with van der Waals surface area (Å²) in [6, 6.07) is 23.5. The van der Waals surface area contributed by atoms with E-state index in [4.69, 9.17) is 0 Å². The van der Waals surface area contributed by atoms with E-state index in [0.29, 0.717) is 0 Å². The van der Waals surface area contributed by atoms with E-state index in [-0.39, 0.29) is 35.6 Å². The Kier molecular flexibility index (Phi) is 9.73. The fraction of sp³-hybridized carbons (Fsp3) is 0.343. The van der Waals surface area contributed by atoms with Gasteiger partial charge in [-0.15, -0.1) is 0 Å². The van der Waals surface area contributed by atoms with Crippen molar-refractivity contribution >= 4 is 6.48 Å². The fourth-order valence-electron chi connectivity index (χ4n) is 5.70. The second-order valence-electron chi connectivity index (χ2n) is 12.7. The first kappa shape index (κ1) is 31.0. The van der Waals surface area contributed by atoms with Gasteiger partial charge in [0.1, 0.15) is 0 Å². The number of benzene rings is 3. The van der Waals surface area contributed by atoms with Crippen LogP contribution in [-0.4, -0.2) is 3.21 Å². The molecule has 0 saturated carbocycles. The molecule has 3 aromatic carbocycles. The van der Waals surface area contributed by atoms with Crippen LogP contribution in [0.15, 0.2) is 82.2 Å². The Labute approximate surface area is 250 Å². The van der Waals surface area contributed by atoms with Crippen LogP contribution < -0.4 is 28.1 Å². The molecule has 0 unspecified atom stereocenters. The fourth-order valence-corrected chi connectivity index (χ4v) is 13.4. The van der Waals surface area contributed by atoms with Crippen molar-refractivity contribution in [1.29, 1.82) is 0 Å². The molecule has 3 heteroatoms. The summed E-state index contributed by atoms with van der Waals surface area (Å²) < 4.78 is 5.18. The van der Waals surface area contributed by atoms with Crippen LogP contribution >= 0.6 is 0 Å². The van der Waals surface area contributed by atoms with E-state index in [9.17, 15) is 0 Å². The van der Waals surface area contributed by atoms with E-state index in [1.807, 2.05) is 0 Å². The van der Waals surface area contributed by atoms with Crippen molar-refractivity contribution in [3.63, 3.8) is 0 Å². The smallest absolute Gasteiger partial charge is 1.00 e. The summed E-state index contributed by atoms with van der Waals surface area (Å²) in [5.41, 5.74) is 10.8. The third-order valence-corrected chi connectivity index (χ3v) is 15.3. The average Bonchev–Trinajstić information content (AvgIpc) is 3.46. The zero-order valence-corrected chi connectivity index (χ0v) is 27.9. The van der Waals surface area contributed by atoms with E-state index < -0.39 is 21.3 Å². The average molecular weight is 623 g/mol. The summed E-state index contributed by atoms with van der Waals surface area (Å²) in [6.45, 7) is 16.6. The molecule has 0 bridgehead atoms. The maximum Gasteiger partial charge on any atom is -1.00 e. The predicted molar refractivity (Wildman–Crippen MR) is 154 cm³/mol. The summed E-state index contributed by atoms with van der Waals surface area (Å²) in [5.74, 6) is 0. The van der Waals surface area contributed by atoms with Gasteiger partial charge in [0, 0.05) is 0 Å². The van der Waals surface area contributed by atoms with Crippen molar-refractivity contribution in [2.24, 2.45) is 0 Å². The molecule has 0 atom stereocenters. The quantitative estimate of drug-likeness (QED) is 0.328. The van der Waals surface area contributed by atoms with Crippen LogP contribution in [0.1, 0.15) is 82.7 Å². The second-order valence-corrected chi connectivity index (χ2v) is 19.6. The molecule has 0 nitrogen and oxygen atoms in total. The van der Waals surface area contributed by atoms with E-state index in [1.165, 1.54) is 33.4 Å². The Morgan fingerprint density at radius 2 is 1.45 bits per heavy atom. The molecule has 0 heterocycles. The van der Waals surface area contributed by atoms with Gasteiger partial charge in [-0.2, -0.15) is 0 Å². The van der Waals surface area contributed by atoms with Crippen LogP contribution in [0.3, 0.4) is 0 Å². The topological polar surface area (TPSA) is 0 Å². The molecule has 0 fully saturated rings. The Balaban J connectivity index is 0.00000200. The first-order valence-electron chi connectivity index (χ1n) is 13.4. The normalized spacial score (nSPS) is 14.2. The Bertz CT molecular complexity index is 1410. The monoisotopic (exact) mass is 620 g/mol. The van der Waals surface area contributed by atoms with Gasteiger partial charge in [-0.1, -0.05) is 0 Å². The zero-order chi connectivity index (χ0) is 25.7. The number of fused-ring (bicyclic) bond motifs is 3. The van der Waals surface area contributed by atoms with Crippen LogP contribution in [-0.2, 0) is 44.9 Å². The molecule has 0 aromatic heterocycles. The minimum absolute atomic E-state index is 0. The number of hydrogen-bond donors (Lipinski definition) is 0. The van der Waals surface area contributed by atoms with Crippen LogP contribution in [0.25, 0.3) is 11.1 Å². The Morgan fingerprint density at radius 1 is 0.789 bits per heavy atom. The second kappa shape index (κ2) is 11.9. The van der Waals surface area contributed by atoms with Crippen molar-refractivity contribution in [3.05, 3.63) is 110 Å². The molecule has 3 aromatic rings. The molecule has 0 amide bonds. The van der Waals surface area contributed by atoms with E-state index in [1.54, 1.807) is 15.3 Å². The van der Waals surface area contributed by atoms with Gasteiger partial charge in [-0.25, -0.2) is 0 Å². The number of halogens is 2. The molecule has 0 N–H and O–H groups in total. The van der Waals surface area contributed by atoms with Gasteiger partial charge in [0.2, 0.25) is 0 Å². The molecule has 0 spiro atoms. The van der Waals surface area contributed by atoms with Gasteiger partial charge < -0.3 is 24.8 Å². The Hall–Kier alpha value is -1.53. The molecule has 38 heavy (non-hydrogen) atoms. The van der Waals surface area contributed by atoms with Crippen molar-refractivity contribution in [3.8, 4) is 11.1 Å². The minimum Gasteiger partial charge on any atom is -1.00 e. The van der Waals surface area contributed by atoms with E-state index >= 15 is 0 Å². The minimum atomic E-state index is -2.29. The van der Waals surface area contributed by atoms with Crippen molar-refractivity contribution in [2.45, 2.75) is 78.6 Å². The molecule has 2 aliphatic carbocycles. The van der Waals surface area contributed by atoms with Gasteiger partial charge in [0.25, 0.3) is 0 Å². The maximum absolute atomic E-state index is 2.64. The van der Waals surface area contributed by atoms with Crippen LogP contribution in [0, 0.1) is 0 Å². The standard InChI is InChI=1S/C21H25.C9H10.C5H5.2ClH.Zr/c1-20(2,3)16-9-7-14-11-15-8-10-17(21(4,5)6)13-19(15)18(14)12-16;1-2-6-9-7-4-3-5-8-9;1-2-4-5-3-1;;;/h7,9-10,12-13H,11H2,1-6H3;3-5,7-8H,6H2,1H3;1-3H,4H2;2*1H;/q;;;;;+2/p-2. The maximum atomic E-state index is 2.64. The van der Waals surface area contributed by atoms with Crippen molar-refractivity contribution in [2.75, 3.05) is 0 Å². The molecular weight excluding hydrogens is 583 g/mol. The number of allylic oxidation sites excluding steroid dienone is 4. The van der Waals surface area contributed by atoms with Crippen LogP contribution in [0.5, 0.6) is 0 Å². The zero-order valence-electron chi connectivity index (χ0n) is 23.9. The Morgan fingerprint density at radius 3 is 2.05 bits per heavy atom. The summed E-state index contributed by atoms with van der Waals surface area (Å²) in [5, 5.41) is 0. The number of rotatable bonds is 4. The van der Waals surface area contributed by atoms with Crippen LogP contribution in [0.4, 0.5) is 0 Å². The third kappa shape index (κ3) is 6.27. The van der Waals surface area contributed by atoms with Gasteiger partial charge in [0.05, 0.1) is 0 Å². The summed E-state index contributed by atoms with van der Waals surface area (Å²) >= 11 is -2.29. The van der Waals surface area contributed by atoms with Crippen LogP contribution in [0.2, 0.25) is 0 Å². The molecule has 0 radical (unpaired) electrons. The number of hydrogen-bond acceptors (Lipinski definition) is 0. The molecule has 198 valence electrons. The third-order valence-electron chi connectivity index (χ3n) is 7.85. The van der Waals surface area contributed by atoms with Crippen molar-refractivity contribution < 1.29 is 46.1 Å². The van der Waals surface area contributed by atoms with Crippen molar-refractivity contribution in [1.82, 2.24) is 0 Å². The van der Waals surface area contributed by atoms with E-state index in [0.717, 1.165) is 19.3 Å². The van der Waals surface area contributed by atoms with Gasteiger partial charge >= 0.3 is 227 Å². The summed E-state index contributed by atoms with van der Waals surface area (Å²) in [4.78, 5) is 0. The summed E-state index contributed by atoms with van der Waals surface area (Å²) in [7, 11) is 0. The molecule has 0 saturated heterocycles. The SMILES string of the molecule is C/[C](Cc1ccccc1)=[Zr+2](\[C]1=CC=CC1)[c]1cc(C(C)(C)C)cc2c1Cc1ccc(C(C)(C)C)cc1-2.[Cl-].[Cl-]. The molecule has 5 rings (SSSR count). The summed E-state index contributed by atoms with van der Waals surface area (Å²) in [6.07, 6.45) is 10.4. The molecule has 0 aliphatic heterocycles. The van der Waals surface area contributed by atoms with Gasteiger partial charge in [-0.3, -0.25) is 0 Å². The van der Waals surface area contributed by atoms with E-state index in [2.05, 4.69) is 127 Å². The van der Waals surface area contributed by atoms with Gasteiger partial charge in [-0.05, 0) is 0 Å². The predicted octanol–water partition coefficient (Wildman–Crippen LogP) is 2.38. The first-order chi connectivity index (χ1) is 17.0. The molecular formula is C35H40Cl2Zr.